The highest BCUT2D eigenvalue weighted by Gasteiger charge is 2.43. The van der Waals surface area contributed by atoms with Crippen molar-refractivity contribution in [3.63, 3.8) is 0 Å². The Kier molecular flexibility index (Phi) is 6.98. The highest BCUT2D eigenvalue weighted by molar-refractivity contribution is 5.88. The zero-order valence-corrected chi connectivity index (χ0v) is 18.1. The molecule has 0 radical (unpaired) electrons. The molecule has 1 aliphatic carbocycles. The molecule has 3 rings (SSSR count). The fourth-order valence-corrected chi connectivity index (χ4v) is 4.75. The summed E-state index contributed by atoms with van der Waals surface area (Å²) in [5, 5.41) is 3.03. The summed E-state index contributed by atoms with van der Waals surface area (Å²) in [5.41, 5.74) is 0.339. The summed E-state index contributed by atoms with van der Waals surface area (Å²) in [5.74, 6) is -0.521. The second-order valence-corrected chi connectivity index (χ2v) is 10.2. The molecule has 1 aliphatic heterocycles. The van der Waals surface area contributed by atoms with E-state index in [4.69, 9.17) is 0 Å². The number of hydrogen-bond acceptors (Lipinski definition) is 2. The summed E-state index contributed by atoms with van der Waals surface area (Å²) in [4.78, 5) is 15.3. The first-order valence-corrected chi connectivity index (χ1v) is 11.1. The standard InChI is InChI=1S/C24H36F2N2O/c1-23(2,3)12-14-28-13-9-18(21(26)17-28)16-27-22(29)24(10-4-5-11-24)19-7-6-8-20(25)15-19/h6-8,15,18,21H,4-5,9-14,16-17H2,1-3H3,(H,27,29). The number of alkyl halides is 1. The van der Waals surface area contributed by atoms with Crippen LogP contribution in [0.5, 0.6) is 0 Å². The van der Waals surface area contributed by atoms with Gasteiger partial charge < -0.3 is 10.2 Å². The lowest BCUT2D eigenvalue weighted by molar-refractivity contribution is -0.127. The number of halogens is 2. The number of rotatable bonds is 6. The summed E-state index contributed by atoms with van der Waals surface area (Å²) < 4.78 is 28.5. The van der Waals surface area contributed by atoms with Crippen LogP contribution in [0.15, 0.2) is 24.3 Å². The van der Waals surface area contributed by atoms with Crippen LogP contribution in [-0.2, 0) is 10.2 Å². The largest absolute Gasteiger partial charge is 0.355 e. The van der Waals surface area contributed by atoms with Crippen LogP contribution in [0.1, 0.15) is 64.9 Å². The van der Waals surface area contributed by atoms with Gasteiger partial charge in [-0.25, -0.2) is 8.78 Å². The van der Waals surface area contributed by atoms with Crippen molar-refractivity contribution in [2.75, 3.05) is 26.2 Å². The molecule has 0 spiro atoms. The molecule has 1 N–H and O–H groups in total. The van der Waals surface area contributed by atoms with Gasteiger partial charge in [-0.05, 0) is 61.9 Å². The van der Waals surface area contributed by atoms with Crippen molar-refractivity contribution in [3.8, 4) is 0 Å². The molecule has 2 fully saturated rings. The van der Waals surface area contributed by atoms with E-state index in [1.807, 2.05) is 6.07 Å². The highest BCUT2D eigenvalue weighted by Crippen LogP contribution is 2.41. The number of carbonyl (C=O) groups excluding carboxylic acids is 1. The van der Waals surface area contributed by atoms with Crippen molar-refractivity contribution >= 4 is 5.91 Å². The average Bonchev–Trinajstić information content (AvgIpc) is 3.16. The zero-order valence-electron chi connectivity index (χ0n) is 18.1. The Morgan fingerprint density at radius 3 is 2.62 bits per heavy atom. The average molecular weight is 407 g/mol. The van der Waals surface area contributed by atoms with Crippen molar-refractivity contribution in [2.45, 2.75) is 70.9 Å². The number of nitrogens with one attached hydrogen (secondary N) is 1. The van der Waals surface area contributed by atoms with E-state index >= 15 is 0 Å². The van der Waals surface area contributed by atoms with E-state index in [-0.39, 0.29) is 23.1 Å². The Morgan fingerprint density at radius 1 is 1.28 bits per heavy atom. The molecule has 2 aliphatic rings. The second-order valence-electron chi connectivity index (χ2n) is 10.2. The quantitative estimate of drug-likeness (QED) is 0.732. The molecule has 162 valence electrons. The van der Waals surface area contributed by atoms with Crippen LogP contribution in [0.4, 0.5) is 8.78 Å². The number of nitrogens with zero attached hydrogens (tertiary/aromatic N) is 1. The van der Waals surface area contributed by atoms with Gasteiger partial charge in [0.05, 0.1) is 5.41 Å². The normalized spacial score (nSPS) is 25.1. The van der Waals surface area contributed by atoms with Gasteiger partial charge in [0, 0.05) is 19.0 Å². The van der Waals surface area contributed by atoms with Gasteiger partial charge >= 0.3 is 0 Å². The first-order valence-electron chi connectivity index (χ1n) is 11.1. The Labute approximate surface area is 174 Å². The van der Waals surface area contributed by atoms with Crippen molar-refractivity contribution in [1.29, 1.82) is 0 Å². The lowest BCUT2D eigenvalue weighted by Crippen LogP contribution is -2.49. The van der Waals surface area contributed by atoms with Crippen molar-refractivity contribution < 1.29 is 13.6 Å². The van der Waals surface area contributed by atoms with E-state index in [0.29, 0.717) is 13.1 Å². The smallest absolute Gasteiger partial charge is 0.230 e. The molecule has 3 nitrogen and oxygen atoms in total. The van der Waals surface area contributed by atoms with Crippen LogP contribution in [0.2, 0.25) is 0 Å². The summed E-state index contributed by atoms with van der Waals surface area (Å²) in [6.07, 6.45) is 4.27. The topological polar surface area (TPSA) is 32.3 Å². The molecule has 1 heterocycles. The van der Waals surface area contributed by atoms with Gasteiger partial charge in [0.25, 0.3) is 0 Å². The molecule has 1 saturated carbocycles. The highest BCUT2D eigenvalue weighted by atomic mass is 19.1. The SMILES string of the molecule is CC(C)(C)CCN1CCC(CNC(=O)C2(c3cccc(F)c3)CCCC2)C(F)C1. The summed E-state index contributed by atoms with van der Waals surface area (Å²) >= 11 is 0. The summed E-state index contributed by atoms with van der Waals surface area (Å²) in [6.45, 7) is 9.24. The van der Waals surface area contributed by atoms with Crippen molar-refractivity contribution in [1.82, 2.24) is 10.2 Å². The van der Waals surface area contributed by atoms with E-state index in [0.717, 1.165) is 57.2 Å². The molecule has 1 aromatic carbocycles. The summed E-state index contributed by atoms with van der Waals surface area (Å²) in [6, 6.07) is 6.41. The molecule has 2 atom stereocenters. The van der Waals surface area contributed by atoms with Crippen LogP contribution in [0.3, 0.4) is 0 Å². The van der Waals surface area contributed by atoms with E-state index in [9.17, 15) is 13.6 Å². The lowest BCUT2D eigenvalue weighted by atomic mass is 9.77. The van der Waals surface area contributed by atoms with Crippen LogP contribution >= 0.6 is 0 Å². The molecule has 5 heteroatoms. The minimum absolute atomic E-state index is 0.0667. The lowest BCUT2D eigenvalue weighted by Gasteiger charge is -2.36. The van der Waals surface area contributed by atoms with Gasteiger partial charge in [0.1, 0.15) is 12.0 Å². The Balaban J connectivity index is 1.56. The van der Waals surface area contributed by atoms with Crippen LogP contribution in [0, 0.1) is 17.2 Å². The van der Waals surface area contributed by atoms with E-state index < -0.39 is 11.6 Å². The molecular weight excluding hydrogens is 370 g/mol. The van der Waals surface area contributed by atoms with E-state index in [1.54, 1.807) is 6.07 Å². The minimum atomic E-state index is -0.919. The fraction of sp³-hybridized carbons (Fsp3) is 0.708. The van der Waals surface area contributed by atoms with Crippen molar-refractivity contribution in [3.05, 3.63) is 35.6 Å². The second kappa shape index (κ2) is 9.11. The Hall–Kier alpha value is -1.49. The third-order valence-electron chi connectivity index (χ3n) is 6.73. The molecule has 0 aromatic heterocycles. The maximum atomic E-state index is 14.8. The third-order valence-corrected chi connectivity index (χ3v) is 6.73. The van der Waals surface area contributed by atoms with Gasteiger partial charge in [0.15, 0.2) is 0 Å². The molecule has 1 saturated heterocycles. The Bertz CT molecular complexity index is 694. The molecule has 1 aromatic rings. The number of carbonyl (C=O) groups is 1. The monoisotopic (exact) mass is 406 g/mol. The summed E-state index contributed by atoms with van der Waals surface area (Å²) in [7, 11) is 0. The predicted octanol–water partition coefficient (Wildman–Crippen LogP) is 4.85. The Morgan fingerprint density at radius 2 is 2.00 bits per heavy atom. The van der Waals surface area contributed by atoms with Gasteiger partial charge in [-0.1, -0.05) is 45.7 Å². The molecular formula is C24H36F2N2O. The molecule has 0 bridgehead atoms. The number of piperidine rings is 1. The number of amides is 1. The van der Waals surface area contributed by atoms with Crippen LogP contribution in [-0.4, -0.2) is 43.2 Å². The van der Waals surface area contributed by atoms with Crippen LogP contribution in [0.25, 0.3) is 0 Å². The van der Waals surface area contributed by atoms with Crippen LogP contribution < -0.4 is 5.32 Å². The van der Waals surface area contributed by atoms with E-state index in [1.165, 1.54) is 12.1 Å². The molecule has 29 heavy (non-hydrogen) atoms. The molecule has 2 unspecified atom stereocenters. The van der Waals surface area contributed by atoms with Gasteiger partial charge in [-0.3, -0.25) is 4.79 Å². The maximum Gasteiger partial charge on any atom is 0.230 e. The first-order chi connectivity index (χ1) is 13.7. The van der Waals surface area contributed by atoms with E-state index in [2.05, 4.69) is 31.0 Å². The maximum absolute atomic E-state index is 14.8. The zero-order chi connectivity index (χ0) is 21.1. The number of likely N-dealkylation sites (tertiary alicyclic amines) is 1. The fourth-order valence-electron chi connectivity index (χ4n) is 4.75. The minimum Gasteiger partial charge on any atom is -0.355 e. The number of benzene rings is 1. The van der Waals surface area contributed by atoms with Crippen molar-refractivity contribution in [2.24, 2.45) is 11.3 Å². The first kappa shape index (κ1) is 22.2. The third kappa shape index (κ3) is 5.56. The predicted molar refractivity (Wildman–Crippen MR) is 113 cm³/mol. The molecule has 1 amide bonds. The van der Waals surface area contributed by atoms with Gasteiger partial charge in [-0.15, -0.1) is 0 Å². The van der Waals surface area contributed by atoms with Gasteiger partial charge in [0.2, 0.25) is 5.91 Å². The number of hydrogen-bond donors (Lipinski definition) is 1. The van der Waals surface area contributed by atoms with Gasteiger partial charge in [-0.2, -0.15) is 0 Å².